The fraction of sp³-hybridized carbons (Fsp3) is 0.458. The van der Waals surface area contributed by atoms with Crippen LogP contribution in [0.15, 0.2) is 48.1 Å². The van der Waals surface area contributed by atoms with Crippen molar-refractivity contribution in [3.05, 3.63) is 53.7 Å². The molecule has 2 heterocycles. The molecule has 0 aliphatic carbocycles. The lowest BCUT2D eigenvalue weighted by molar-refractivity contribution is 0.373. The summed E-state index contributed by atoms with van der Waals surface area (Å²) < 4.78 is 2.10. The van der Waals surface area contributed by atoms with Gasteiger partial charge in [0.05, 0.1) is 0 Å². The van der Waals surface area contributed by atoms with E-state index in [0.29, 0.717) is 5.92 Å². The molecule has 0 bridgehead atoms. The Morgan fingerprint density at radius 2 is 1.81 bits per heavy atom. The molecule has 3 rings (SSSR count). The number of nitrogens with zero attached hydrogens (tertiary/aromatic N) is 2. The quantitative estimate of drug-likeness (QED) is 0.445. The van der Waals surface area contributed by atoms with Crippen LogP contribution in [0, 0.1) is 5.92 Å². The molecular formula is C24H34N2S. The summed E-state index contributed by atoms with van der Waals surface area (Å²) in [5, 5.41) is 2.13. The van der Waals surface area contributed by atoms with E-state index in [-0.39, 0.29) is 5.41 Å². The summed E-state index contributed by atoms with van der Waals surface area (Å²) in [6, 6.07) is 11.1. The number of hydrogen-bond acceptors (Lipinski definition) is 2. The van der Waals surface area contributed by atoms with Crippen molar-refractivity contribution >= 4 is 11.3 Å². The van der Waals surface area contributed by atoms with E-state index in [4.69, 9.17) is 0 Å². The average Bonchev–Trinajstić information content (AvgIpc) is 3.33. The molecule has 0 amide bonds. The molecule has 0 N–H and O–H groups in total. The van der Waals surface area contributed by atoms with Gasteiger partial charge in [-0.15, -0.1) is 11.3 Å². The molecule has 2 aromatic heterocycles. The number of imidazole rings is 1. The van der Waals surface area contributed by atoms with Gasteiger partial charge in [0.1, 0.15) is 5.82 Å². The molecule has 3 aromatic rings. The van der Waals surface area contributed by atoms with Crippen molar-refractivity contribution in [1.82, 2.24) is 9.55 Å². The van der Waals surface area contributed by atoms with Gasteiger partial charge in [0.25, 0.3) is 0 Å². The van der Waals surface area contributed by atoms with Crippen molar-refractivity contribution in [3.63, 3.8) is 0 Å². The molecule has 0 aliphatic rings. The lowest BCUT2D eigenvalue weighted by Gasteiger charge is -2.32. The highest BCUT2D eigenvalue weighted by Gasteiger charge is 2.29. The summed E-state index contributed by atoms with van der Waals surface area (Å²) in [6.45, 7) is 13.6. The lowest BCUT2D eigenvalue weighted by atomic mass is 9.73. The van der Waals surface area contributed by atoms with Crippen LogP contribution in [0.2, 0.25) is 0 Å². The Morgan fingerprint density at radius 1 is 1.11 bits per heavy atom. The Kier molecular flexibility index (Phi) is 7.43. The van der Waals surface area contributed by atoms with E-state index >= 15 is 0 Å². The molecule has 146 valence electrons. The highest BCUT2D eigenvalue weighted by atomic mass is 32.1. The van der Waals surface area contributed by atoms with E-state index in [1.807, 2.05) is 12.4 Å². The normalized spacial score (nSPS) is 11.4. The van der Waals surface area contributed by atoms with Gasteiger partial charge in [-0.3, -0.25) is 0 Å². The minimum Gasteiger partial charge on any atom is -0.334 e. The standard InChI is InChI=1S/C20H24N2S.C4H10/c1-14(2)20(3,4)17-9-8-15(18-7-6-12-23-18)13-16(17)19-21-10-11-22(19)5;1-3-4-2/h6-14H,1-5H3;3-4H2,1-2H3. The summed E-state index contributed by atoms with van der Waals surface area (Å²) in [7, 11) is 2.06. The maximum atomic E-state index is 4.61. The van der Waals surface area contributed by atoms with Crippen molar-refractivity contribution in [2.75, 3.05) is 0 Å². The first-order valence-corrected chi connectivity index (χ1v) is 10.9. The first kappa shape index (κ1) is 21.4. The van der Waals surface area contributed by atoms with Crippen molar-refractivity contribution in [2.24, 2.45) is 13.0 Å². The zero-order valence-electron chi connectivity index (χ0n) is 17.9. The van der Waals surface area contributed by atoms with Crippen molar-refractivity contribution in [1.29, 1.82) is 0 Å². The number of rotatable bonds is 5. The van der Waals surface area contributed by atoms with Gasteiger partial charge >= 0.3 is 0 Å². The highest BCUT2D eigenvalue weighted by molar-refractivity contribution is 7.13. The average molecular weight is 383 g/mol. The summed E-state index contributed by atoms with van der Waals surface area (Å²) in [4.78, 5) is 5.91. The fourth-order valence-electron chi connectivity index (χ4n) is 2.82. The number of hydrogen-bond donors (Lipinski definition) is 0. The van der Waals surface area contributed by atoms with E-state index < -0.39 is 0 Å². The number of thiophene rings is 1. The first-order chi connectivity index (χ1) is 12.8. The molecule has 2 nitrogen and oxygen atoms in total. The van der Waals surface area contributed by atoms with Crippen molar-refractivity contribution in [2.45, 2.75) is 59.8 Å². The maximum absolute atomic E-state index is 4.61. The third-order valence-electron chi connectivity index (χ3n) is 5.52. The number of unbranched alkanes of at least 4 members (excludes halogenated alkanes) is 1. The highest BCUT2D eigenvalue weighted by Crippen LogP contribution is 2.40. The van der Waals surface area contributed by atoms with Crippen LogP contribution in [0.3, 0.4) is 0 Å². The number of aromatic nitrogens is 2. The Balaban J connectivity index is 0.000000596. The van der Waals surface area contributed by atoms with Crippen LogP contribution in [0.4, 0.5) is 0 Å². The molecule has 0 spiro atoms. The molecule has 0 saturated carbocycles. The van der Waals surface area contributed by atoms with Crippen LogP contribution >= 0.6 is 11.3 Å². The predicted octanol–water partition coefficient (Wildman–Crippen LogP) is 7.56. The minimum absolute atomic E-state index is 0.0925. The third-order valence-corrected chi connectivity index (χ3v) is 6.44. The monoisotopic (exact) mass is 382 g/mol. The Morgan fingerprint density at radius 3 is 2.30 bits per heavy atom. The molecule has 0 saturated heterocycles. The molecule has 3 heteroatoms. The zero-order valence-corrected chi connectivity index (χ0v) is 18.7. The lowest BCUT2D eigenvalue weighted by Crippen LogP contribution is -2.25. The molecule has 1 aromatic carbocycles. The molecular weight excluding hydrogens is 348 g/mol. The SMILES string of the molecule is CC(C)C(C)(C)c1ccc(-c2cccs2)cc1-c1nccn1C.CCCC. The van der Waals surface area contributed by atoms with E-state index in [0.717, 1.165) is 5.82 Å². The summed E-state index contributed by atoms with van der Waals surface area (Å²) >= 11 is 1.78. The van der Waals surface area contributed by atoms with E-state index in [9.17, 15) is 0 Å². The predicted molar refractivity (Wildman–Crippen MR) is 120 cm³/mol. The summed E-state index contributed by atoms with van der Waals surface area (Å²) in [5.74, 6) is 1.58. The van der Waals surface area contributed by atoms with Crippen molar-refractivity contribution < 1.29 is 0 Å². The second-order valence-electron chi connectivity index (χ2n) is 7.98. The molecule has 0 aliphatic heterocycles. The van der Waals surface area contributed by atoms with Gasteiger partial charge in [0, 0.05) is 29.9 Å². The molecule has 27 heavy (non-hydrogen) atoms. The van der Waals surface area contributed by atoms with Crippen LogP contribution < -0.4 is 0 Å². The zero-order chi connectivity index (χ0) is 20.0. The first-order valence-electron chi connectivity index (χ1n) is 9.98. The van der Waals surface area contributed by atoms with Crippen molar-refractivity contribution in [3.8, 4) is 21.8 Å². The van der Waals surface area contributed by atoms with Crippen LogP contribution in [-0.2, 0) is 12.5 Å². The minimum atomic E-state index is 0.0925. The Bertz CT molecular complexity index is 824. The van der Waals surface area contributed by atoms with Crippen LogP contribution in [0.1, 0.15) is 59.9 Å². The Labute approximate surface area is 169 Å². The second-order valence-corrected chi connectivity index (χ2v) is 8.92. The number of aryl methyl sites for hydroxylation is 1. The fourth-order valence-corrected chi connectivity index (χ4v) is 3.55. The second kappa shape index (κ2) is 9.36. The molecule has 0 fully saturated rings. The van der Waals surface area contributed by atoms with Gasteiger partial charge in [0.15, 0.2) is 0 Å². The number of benzene rings is 1. The Hall–Kier alpha value is -1.87. The van der Waals surface area contributed by atoms with Gasteiger partial charge in [0.2, 0.25) is 0 Å². The summed E-state index contributed by atoms with van der Waals surface area (Å²) in [6.07, 6.45) is 6.53. The molecule has 0 radical (unpaired) electrons. The topological polar surface area (TPSA) is 17.8 Å². The summed E-state index contributed by atoms with van der Waals surface area (Å²) in [5.41, 5.74) is 3.96. The molecule has 0 unspecified atom stereocenters. The largest absolute Gasteiger partial charge is 0.334 e. The van der Waals surface area contributed by atoms with Gasteiger partial charge in [-0.2, -0.15) is 0 Å². The van der Waals surface area contributed by atoms with E-state index in [2.05, 4.69) is 93.9 Å². The van der Waals surface area contributed by atoms with Gasteiger partial charge < -0.3 is 4.57 Å². The van der Waals surface area contributed by atoms with Gasteiger partial charge in [-0.25, -0.2) is 4.98 Å². The van der Waals surface area contributed by atoms with E-state index in [1.54, 1.807) is 11.3 Å². The molecule has 0 atom stereocenters. The van der Waals surface area contributed by atoms with Gasteiger partial charge in [-0.05, 0) is 40.0 Å². The van der Waals surface area contributed by atoms with Crippen LogP contribution in [0.25, 0.3) is 21.8 Å². The maximum Gasteiger partial charge on any atom is 0.139 e. The van der Waals surface area contributed by atoms with Crippen LogP contribution in [-0.4, -0.2) is 9.55 Å². The third kappa shape index (κ3) is 4.90. The van der Waals surface area contributed by atoms with Gasteiger partial charge in [-0.1, -0.05) is 72.6 Å². The van der Waals surface area contributed by atoms with E-state index in [1.165, 1.54) is 34.4 Å². The van der Waals surface area contributed by atoms with Crippen LogP contribution in [0.5, 0.6) is 0 Å². The smallest absolute Gasteiger partial charge is 0.139 e.